The lowest BCUT2D eigenvalue weighted by atomic mass is 10.2. The van der Waals surface area contributed by atoms with Crippen LogP contribution in [0.5, 0.6) is 0 Å². The first-order chi connectivity index (χ1) is 11.6. The molecule has 0 saturated carbocycles. The summed E-state index contributed by atoms with van der Waals surface area (Å²) in [5, 5.41) is 14.0. The molecule has 1 amide bonds. The SMILES string of the molecule is Cc1nc2cc(C(=O)NC[C@@H](O)CN3CCCCCC3)ccc2s1. The van der Waals surface area contributed by atoms with Gasteiger partial charge in [0.2, 0.25) is 0 Å². The second-order valence-electron chi connectivity index (χ2n) is 6.49. The predicted octanol–water partition coefficient (Wildman–Crippen LogP) is 2.57. The number of β-amino-alcohol motifs (C(OH)–C–C–N with tert-alkyl or cyclic N) is 1. The summed E-state index contributed by atoms with van der Waals surface area (Å²) in [6, 6.07) is 5.56. The van der Waals surface area contributed by atoms with Crippen LogP contribution in [-0.4, -0.2) is 53.2 Å². The number of carbonyl (C=O) groups is 1. The van der Waals surface area contributed by atoms with Gasteiger partial charge in [-0.05, 0) is 51.1 Å². The number of nitrogens with one attached hydrogen (secondary N) is 1. The maximum absolute atomic E-state index is 12.3. The van der Waals surface area contributed by atoms with Crippen molar-refractivity contribution in [3.63, 3.8) is 0 Å². The first-order valence-electron chi connectivity index (χ1n) is 8.67. The molecule has 5 nitrogen and oxygen atoms in total. The van der Waals surface area contributed by atoms with Crippen molar-refractivity contribution in [1.82, 2.24) is 15.2 Å². The van der Waals surface area contributed by atoms with Crippen LogP contribution in [0.25, 0.3) is 10.2 Å². The summed E-state index contributed by atoms with van der Waals surface area (Å²) in [4.78, 5) is 19.0. The summed E-state index contributed by atoms with van der Waals surface area (Å²) in [7, 11) is 0. The molecule has 1 aromatic heterocycles. The van der Waals surface area contributed by atoms with Crippen LogP contribution in [0.3, 0.4) is 0 Å². The van der Waals surface area contributed by atoms with Crippen molar-refractivity contribution in [2.24, 2.45) is 0 Å². The lowest BCUT2D eigenvalue weighted by molar-refractivity contribution is 0.0862. The second kappa shape index (κ2) is 8.05. The molecule has 0 radical (unpaired) electrons. The van der Waals surface area contributed by atoms with Crippen LogP contribution in [0.1, 0.15) is 41.0 Å². The Bertz CT molecular complexity index is 693. The zero-order valence-electron chi connectivity index (χ0n) is 14.1. The third-order valence-corrected chi connectivity index (χ3v) is 5.37. The molecule has 3 rings (SSSR count). The number of aliphatic hydroxyl groups is 1. The highest BCUT2D eigenvalue weighted by Crippen LogP contribution is 2.22. The van der Waals surface area contributed by atoms with E-state index in [1.165, 1.54) is 25.7 Å². The number of rotatable bonds is 5. The van der Waals surface area contributed by atoms with Crippen LogP contribution in [0.15, 0.2) is 18.2 Å². The van der Waals surface area contributed by atoms with Crippen molar-refractivity contribution >= 4 is 27.5 Å². The Kier molecular flexibility index (Phi) is 5.81. The monoisotopic (exact) mass is 347 g/mol. The van der Waals surface area contributed by atoms with Gasteiger partial charge in [0.1, 0.15) is 0 Å². The predicted molar refractivity (Wildman–Crippen MR) is 97.6 cm³/mol. The molecule has 0 bridgehead atoms. The number of carbonyl (C=O) groups excluding carboxylic acids is 1. The maximum atomic E-state index is 12.3. The summed E-state index contributed by atoms with van der Waals surface area (Å²) < 4.78 is 1.09. The van der Waals surface area contributed by atoms with Gasteiger partial charge in [-0.1, -0.05) is 12.8 Å². The number of thiazole rings is 1. The van der Waals surface area contributed by atoms with Crippen LogP contribution >= 0.6 is 11.3 Å². The Labute approximate surface area is 146 Å². The van der Waals surface area contributed by atoms with E-state index in [1.807, 2.05) is 25.1 Å². The van der Waals surface area contributed by atoms with E-state index in [2.05, 4.69) is 15.2 Å². The van der Waals surface area contributed by atoms with Crippen molar-refractivity contribution in [3.8, 4) is 0 Å². The number of aliphatic hydroxyl groups excluding tert-OH is 1. The average Bonchev–Trinajstić information content (AvgIpc) is 2.75. The highest BCUT2D eigenvalue weighted by atomic mass is 32.1. The Hall–Kier alpha value is -1.50. The molecule has 0 unspecified atom stereocenters. The van der Waals surface area contributed by atoms with E-state index >= 15 is 0 Å². The summed E-state index contributed by atoms with van der Waals surface area (Å²) in [6.07, 6.45) is 4.43. The third kappa shape index (κ3) is 4.53. The van der Waals surface area contributed by atoms with E-state index in [-0.39, 0.29) is 12.5 Å². The number of hydrogen-bond acceptors (Lipinski definition) is 5. The lowest BCUT2D eigenvalue weighted by Gasteiger charge is -2.23. The van der Waals surface area contributed by atoms with Crippen molar-refractivity contribution in [2.75, 3.05) is 26.2 Å². The zero-order chi connectivity index (χ0) is 16.9. The highest BCUT2D eigenvalue weighted by molar-refractivity contribution is 7.18. The summed E-state index contributed by atoms with van der Waals surface area (Å²) in [5.74, 6) is -0.155. The molecule has 1 aliphatic rings. The van der Waals surface area contributed by atoms with Crippen LogP contribution < -0.4 is 5.32 Å². The number of fused-ring (bicyclic) bond motifs is 1. The quantitative estimate of drug-likeness (QED) is 0.872. The number of aromatic nitrogens is 1. The van der Waals surface area contributed by atoms with E-state index in [0.717, 1.165) is 28.3 Å². The van der Waals surface area contributed by atoms with E-state index in [9.17, 15) is 9.90 Å². The third-order valence-electron chi connectivity index (χ3n) is 4.42. The smallest absolute Gasteiger partial charge is 0.251 e. The number of benzene rings is 1. The molecule has 0 aliphatic carbocycles. The molecule has 1 saturated heterocycles. The molecule has 1 aromatic carbocycles. The molecule has 2 aromatic rings. The van der Waals surface area contributed by atoms with E-state index in [0.29, 0.717) is 12.1 Å². The van der Waals surface area contributed by atoms with Crippen molar-refractivity contribution < 1.29 is 9.90 Å². The highest BCUT2D eigenvalue weighted by Gasteiger charge is 2.15. The van der Waals surface area contributed by atoms with Crippen molar-refractivity contribution in [3.05, 3.63) is 28.8 Å². The van der Waals surface area contributed by atoms with E-state index < -0.39 is 6.10 Å². The van der Waals surface area contributed by atoms with Gasteiger partial charge in [0, 0.05) is 18.7 Å². The molecule has 6 heteroatoms. The normalized spacial score (nSPS) is 17.6. The van der Waals surface area contributed by atoms with Crippen LogP contribution in [0, 0.1) is 6.92 Å². The topological polar surface area (TPSA) is 65.5 Å². The fraction of sp³-hybridized carbons (Fsp3) is 0.556. The minimum absolute atomic E-state index is 0.155. The van der Waals surface area contributed by atoms with Gasteiger partial charge >= 0.3 is 0 Å². The van der Waals surface area contributed by atoms with Gasteiger partial charge in [-0.25, -0.2) is 4.98 Å². The maximum Gasteiger partial charge on any atom is 0.251 e. The van der Waals surface area contributed by atoms with Gasteiger partial charge in [0.25, 0.3) is 5.91 Å². The molecule has 1 aliphatic heterocycles. The molecule has 2 heterocycles. The van der Waals surface area contributed by atoms with Gasteiger partial charge in [-0.2, -0.15) is 0 Å². The molecular formula is C18H25N3O2S. The Morgan fingerprint density at radius 1 is 1.33 bits per heavy atom. The van der Waals surface area contributed by atoms with Crippen LogP contribution in [-0.2, 0) is 0 Å². The number of amides is 1. The molecule has 130 valence electrons. The van der Waals surface area contributed by atoms with Gasteiger partial charge in [-0.15, -0.1) is 11.3 Å². The number of likely N-dealkylation sites (tertiary alicyclic amines) is 1. The first kappa shape index (κ1) is 17.3. The fourth-order valence-electron chi connectivity index (χ4n) is 3.18. The molecule has 0 spiro atoms. The molecule has 24 heavy (non-hydrogen) atoms. The van der Waals surface area contributed by atoms with E-state index in [4.69, 9.17) is 0 Å². The minimum Gasteiger partial charge on any atom is -0.390 e. The largest absolute Gasteiger partial charge is 0.390 e. The van der Waals surface area contributed by atoms with Gasteiger partial charge < -0.3 is 15.3 Å². The minimum atomic E-state index is -0.530. The number of nitrogens with zero attached hydrogens (tertiary/aromatic N) is 2. The van der Waals surface area contributed by atoms with Gasteiger partial charge in [-0.3, -0.25) is 4.79 Å². The Morgan fingerprint density at radius 3 is 2.83 bits per heavy atom. The second-order valence-corrected chi connectivity index (χ2v) is 7.73. The zero-order valence-corrected chi connectivity index (χ0v) is 14.9. The summed E-state index contributed by atoms with van der Waals surface area (Å²) >= 11 is 1.62. The van der Waals surface area contributed by atoms with Crippen molar-refractivity contribution in [2.45, 2.75) is 38.7 Å². The number of aryl methyl sites for hydroxylation is 1. The lowest BCUT2D eigenvalue weighted by Crippen LogP contribution is -2.40. The number of hydrogen-bond donors (Lipinski definition) is 2. The van der Waals surface area contributed by atoms with Crippen LogP contribution in [0.4, 0.5) is 0 Å². The van der Waals surface area contributed by atoms with Crippen LogP contribution in [0.2, 0.25) is 0 Å². The molecule has 1 fully saturated rings. The summed E-state index contributed by atoms with van der Waals surface area (Å²) in [5.41, 5.74) is 1.45. The van der Waals surface area contributed by atoms with Crippen molar-refractivity contribution in [1.29, 1.82) is 0 Å². The Morgan fingerprint density at radius 2 is 2.08 bits per heavy atom. The standard InChI is InChI=1S/C18H25N3O2S/c1-13-20-16-10-14(6-7-17(16)24-13)18(23)19-11-15(22)12-21-8-4-2-3-5-9-21/h6-7,10,15,22H,2-5,8-9,11-12H2,1H3,(H,19,23)/t15-/m1/s1. The Balaban J connectivity index is 1.51. The van der Waals surface area contributed by atoms with E-state index in [1.54, 1.807) is 11.3 Å². The average molecular weight is 347 g/mol. The van der Waals surface area contributed by atoms with Gasteiger partial charge in [0.15, 0.2) is 0 Å². The first-order valence-corrected chi connectivity index (χ1v) is 9.49. The fourth-order valence-corrected chi connectivity index (χ4v) is 3.99. The van der Waals surface area contributed by atoms with Gasteiger partial charge in [0.05, 0.1) is 21.3 Å². The summed E-state index contributed by atoms with van der Waals surface area (Å²) in [6.45, 7) is 4.97. The molecule has 1 atom stereocenters. The molecular weight excluding hydrogens is 322 g/mol. The molecule has 2 N–H and O–H groups in total.